The van der Waals surface area contributed by atoms with Gasteiger partial charge in [0, 0.05) is 12.7 Å². The zero-order valence-corrected chi connectivity index (χ0v) is 10.1. The molecular formula is C16H17N. The Balaban J connectivity index is 2.20. The average Bonchev–Trinajstić information content (AvgIpc) is 2.39. The molecule has 2 aromatic carbocycles. The minimum absolute atomic E-state index is 0.958. The van der Waals surface area contributed by atoms with E-state index in [1.165, 1.54) is 11.1 Å². The number of hydrogen-bond acceptors (Lipinski definition) is 1. The summed E-state index contributed by atoms with van der Waals surface area (Å²) in [4.78, 5) is 0. The Kier molecular flexibility index (Phi) is 3.61. The van der Waals surface area contributed by atoms with Crippen LogP contribution >= 0.6 is 0 Å². The Morgan fingerprint density at radius 3 is 2.41 bits per heavy atom. The molecule has 2 rings (SSSR count). The van der Waals surface area contributed by atoms with E-state index in [0.717, 1.165) is 17.7 Å². The first-order valence-electron chi connectivity index (χ1n) is 5.79. The highest BCUT2D eigenvalue weighted by Crippen LogP contribution is 2.14. The zero-order chi connectivity index (χ0) is 12.1. The SMILES string of the molecule is C=C(NC)c1cccc(Cc2ccccc2)c1. The molecule has 0 fully saturated rings. The molecule has 0 aliphatic heterocycles. The Morgan fingerprint density at radius 2 is 1.71 bits per heavy atom. The van der Waals surface area contributed by atoms with Crippen molar-refractivity contribution in [2.45, 2.75) is 6.42 Å². The second-order valence-electron chi connectivity index (χ2n) is 4.09. The van der Waals surface area contributed by atoms with Crippen LogP contribution in [0.25, 0.3) is 5.70 Å². The molecule has 86 valence electrons. The fraction of sp³-hybridized carbons (Fsp3) is 0.125. The van der Waals surface area contributed by atoms with E-state index in [4.69, 9.17) is 0 Å². The van der Waals surface area contributed by atoms with E-state index in [1.807, 2.05) is 13.1 Å². The van der Waals surface area contributed by atoms with Gasteiger partial charge in [-0.15, -0.1) is 0 Å². The van der Waals surface area contributed by atoms with E-state index in [0.29, 0.717) is 0 Å². The second kappa shape index (κ2) is 5.35. The fourth-order valence-electron chi connectivity index (χ4n) is 1.84. The van der Waals surface area contributed by atoms with E-state index in [-0.39, 0.29) is 0 Å². The van der Waals surface area contributed by atoms with Gasteiger partial charge >= 0.3 is 0 Å². The second-order valence-corrected chi connectivity index (χ2v) is 4.09. The lowest BCUT2D eigenvalue weighted by molar-refractivity contribution is 1.12. The van der Waals surface area contributed by atoms with Crippen LogP contribution in [-0.4, -0.2) is 7.05 Å². The van der Waals surface area contributed by atoms with E-state index < -0.39 is 0 Å². The van der Waals surface area contributed by atoms with Crippen LogP contribution in [0.5, 0.6) is 0 Å². The third kappa shape index (κ3) is 2.97. The molecule has 2 aromatic rings. The molecule has 1 nitrogen and oxygen atoms in total. The van der Waals surface area contributed by atoms with Crippen molar-refractivity contribution in [2.75, 3.05) is 7.05 Å². The molecule has 0 atom stereocenters. The quantitative estimate of drug-likeness (QED) is 0.837. The molecular weight excluding hydrogens is 206 g/mol. The largest absolute Gasteiger partial charge is 0.388 e. The molecule has 0 radical (unpaired) electrons. The summed E-state index contributed by atoms with van der Waals surface area (Å²) >= 11 is 0. The Hall–Kier alpha value is -2.02. The van der Waals surface area contributed by atoms with E-state index in [2.05, 4.69) is 60.4 Å². The zero-order valence-electron chi connectivity index (χ0n) is 10.1. The van der Waals surface area contributed by atoms with E-state index in [9.17, 15) is 0 Å². The average molecular weight is 223 g/mol. The van der Waals surface area contributed by atoms with Crippen molar-refractivity contribution in [3.63, 3.8) is 0 Å². The highest BCUT2D eigenvalue weighted by atomic mass is 14.8. The topological polar surface area (TPSA) is 12.0 Å². The summed E-state index contributed by atoms with van der Waals surface area (Å²) in [5.74, 6) is 0. The number of benzene rings is 2. The van der Waals surface area contributed by atoms with Crippen molar-refractivity contribution in [3.8, 4) is 0 Å². The lowest BCUT2D eigenvalue weighted by Gasteiger charge is -2.07. The molecule has 0 unspecified atom stereocenters. The Bertz CT molecular complexity index is 500. The smallest absolute Gasteiger partial charge is 0.0338 e. The van der Waals surface area contributed by atoms with Gasteiger partial charge in [0.15, 0.2) is 0 Å². The van der Waals surface area contributed by atoms with Gasteiger partial charge in [0.25, 0.3) is 0 Å². The summed E-state index contributed by atoms with van der Waals surface area (Å²) in [5, 5.41) is 3.08. The van der Waals surface area contributed by atoms with Gasteiger partial charge in [-0.25, -0.2) is 0 Å². The van der Waals surface area contributed by atoms with Gasteiger partial charge < -0.3 is 5.32 Å². The molecule has 0 aliphatic rings. The van der Waals surface area contributed by atoms with Gasteiger partial charge in [0.05, 0.1) is 0 Å². The van der Waals surface area contributed by atoms with Crippen LogP contribution in [0.1, 0.15) is 16.7 Å². The van der Waals surface area contributed by atoms with Crippen LogP contribution < -0.4 is 5.32 Å². The predicted molar refractivity (Wildman–Crippen MR) is 73.8 cm³/mol. The molecule has 0 heterocycles. The first kappa shape index (κ1) is 11.5. The normalized spacial score (nSPS) is 9.94. The first-order chi connectivity index (χ1) is 8.29. The van der Waals surface area contributed by atoms with Gasteiger partial charge in [-0.1, -0.05) is 55.1 Å². The molecule has 0 saturated heterocycles. The van der Waals surface area contributed by atoms with Crippen molar-refractivity contribution in [2.24, 2.45) is 0 Å². The van der Waals surface area contributed by atoms with Crippen molar-refractivity contribution in [1.29, 1.82) is 0 Å². The number of rotatable bonds is 4. The highest BCUT2D eigenvalue weighted by molar-refractivity contribution is 5.62. The fourth-order valence-corrected chi connectivity index (χ4v) is 1.84. The van der Waals surface area contributed by atoms with Crippen LogP contribution in [0.2, 0.25) is 0 Å². The molecule has 0 bridgehead atoms. The molecule has 0 amide bonds. The number of nitrogens with one attached hydrogen (secondary N) is 1. The summed E-state index contributed by atoms with van der Waals surface area (Å²) in [5.41, 5.74) is 4.76. The molecule has 0 spiro atoms. The van der Waals surface area contributed by atoms with Crippen LogP contribution in [-0.2, 0) is 6.42 Å². The van der Waals surface area contributed by atoms with Gasteiger partial charge in [-0.05, 0) is 29.2 Å². The lowest BCUT2D eigenvalue weighted by Crippen LogP contribution is -2.03. The van der Waals surface area contributed by atoms with Crippen LogP contribution in [0, 0.1) is 0 Å². The van der Waals surface area contributed by atoms with Gasteiger partial charge in [-0.2, -0.15) is 0 Å². The van der Waals surface area contributed by atoms with Crippen molar-refractivity contribution >= 4 is 5.70 Å². The maximum absolute atomic E-state index is 3.98. The standard InChI is InChI=1S/C16H17N/c1-13(17-2)16-10-6-9-15(12-16)11-14-7-4-3-5-8-14/h3-10,12,17H,1,11H2,2H3. The molecule has 0 aromatic heterocycles. The van der Waals surface area contributed by atoms with E-state index >= 15 is 0 Å². The van der Waals surface area contributed by atoms with Gasteiger partial charge in [0.2, 0.25) is 0 Å². The molecule has 0 aliphatic carbocycles. The van der Waals surface area contributed by atoms with Crippen molar-refractivity contribution in [3.05, 3.63) is 77.9 Å². The third-order valence-corrected chi connectivity index (χ3v) is 2.83. The summed E-state index contributed by atoms with van der Waals surface area (Å²) < 4.78 is 0. The maximum Gasteiger partial charge on any atom is 0.0338 e. The minimum atomic E-state index is 0.958. The maximum atomic E-state index is 3.98. The Labute approximate surface area is 103 Å². The van der Waals surface area contributed by atoms with E-state index in [1.54, 1.807) is 0 Å². The summed E-state index contributed by atoms with van der Waals surface area (Å²) in [6.07, 6.45) is 0.964. The van der Waals surface area contributed by atoms with Crippen molar-refractivity contribution in [1.82, 2.24) is 5.32 Å². The monoisotopic (exact) mass is 223 g/mol. The molecule has 17 heavy (non-hydrogen) atoms. The van der Waals surface area contributed by atoms with Crippen LogP contribution in [0.3, 0.4) is 0 Å². The summed E-state index contributed by atoms with van der Waals surface area (Å²) in [6.45, 7) is 3.98. The lowest BCUT2D eigenvalue weighted by atomic mass is 10.0. The highest BCUT2D eigenvalue weighted by Gasteiger charge is 1.99. The van der Waals surface area contributed by atoms with Gasteiger partial charge in [-0.3, -0.25) is 0 Å². The Morgan fingerprint density at radius 1 is 1.00 bits per heavy atom. The summed E-state index contributed by atoms with van der Waals surface area (Å²) in [7, 11) is 1.90. The predicted octanol–water partition coefficient (Wildman–Crippen LogP) is 3.47. The number of hydrogen-bond donors (Lipinski definition) is 1. The van der Waals surface area contributed by atoms with Crippen molar-refractivity contribution < 1.29 is 0 Å². The van der Waals surface area contributed by atoms with Crippen LogP contribution in [0.4, 0.5) is 0 Å². The third-order valence-electron chi connectivity index (χ3n) is 2.83. The molecule has 1 N–H and O–H groups in total. The minimum Gasteiger partial charge on any atom is -0.388 e. The molecule has 0 saturated carbocycles. The van der Waals surface area contributed by atoms with Crippen LogP contribution in [0.15, 0.2) is 61.2 Å². The van der Waals surface area contributed by atoms with Gasteiger partial charge in [0.1, 0.15) is 0 Å². The summed E-state index contributed by atoms with van der Waals surface area (Å²) in [6, 6.07) is 19.0. The molecule has 1 heteroatoms. The first-order valence-corrected chi connectivity index (χ1v) is 5.79.